The zero-order chi connectivity index (χ0) is 17.0. The van der Waals surface area contributed by atoms with Gasteiger partial charge in [-0.05, 0) is 55.8 Å². The van der Waals surface area contributed by atoms with Gasteiger partial charge in [-0.2, -0.15) is 0 Å². The first-order chi connectivity index (χ1) is 10.8. The molecule has 5 heteroatoms. The van der Waals surface area contributed by atoms with Gasteiger partial charge in [-0.3, -0.25) is 4.79 Å². The van der Waals surface area contributed by atoms with E-state index >= 15 is 0 Å². The predicted octanol–water partition coefficient (Wildman–Crippen LogP) is 3.72. The van der Waals surface area contributed by atoms with Crippen LogP contribution >= 0.6 is 11.6 Å². The molecule has 1 fully saturated rings. The minimum atomic E-state index is -0.130. The van der Waals surface area contributed by atoms with E-state index in [4.69, 9.17) is 22.1 Å². The Bertz CT molecular complexity index is 554. The third-order valence-electron chi connectivity index (χ3n) is 4.33. The number of carbonyl (C=O) groups is 1. The Balaban J connectivity index is 2.18. The fourth-order valence-corrected chi connectivity index (χ4v) is 3.11. The van der Waals surface area contributed by atoms with Crippen molar-refractivity contribution in [3.63, 3.8) is 0 Å². The van der Waals surface area contributed by atoms with Crippen LogP contribution < -0.4 is 10.5 Å². The van der Waals surface area contributed by atoms with Gasteiger partial charge in [0.05, 0.1) is 11.7 Å². The zero-order valence-electron chi connectivity index (χ0n) is 14.3. The Hall–Kier alpha value is -1.26. The monoisotopic (exact) mass is 338 g/mol. The van der Waals surface area contributed by atoms with Crippen molar-refractivity contribution in [1.82, 2.24) is 4.90 Å². The number of halogens is 1. The molecule has 0 atom stereocenters. The molecule has 0 aliphatic heterocycles. The third-order valence-corrected chi connectivity index (χ3v) is 4.57. The van der Waals surface area contributed by atoms with Crippen LogP contribution in [0.2, 0.25) is 5.02 Å². The van der Waals surface area contributed by atoms with E-state index in [1.54, 1.807) is 30.1 Å². The minimum Gasteiger partial charge on any atom is -0.490 e. The molecule has 1 amide bonds. The van der Waals surface area contributed by atoms with E-state index in [1.165, 1.54) is 12.8 Å². The first kappa shape index (κ1) is 18.1. The number of hydrogen-bond donors (Lipinski definition) is 1. The van der Waals surface area contributed by atoms with Crippen LogP contribution in [-0.4, -0.2) is 37.0 Å². The van der Waals surface area contributed by atoms with E-state index < -0.39 is 0 Å². The molecule has 1 aliphatic carbocycles. The number of hydrogen-bond acceptors (Lipinski definition) is 3. The van der Waals surface area contributed by atoms with Crippen molar-refractivity contribution >= 4 is 17.5 Å². The molecule has 1 aromatic carbocycles. The third kappa shape index (κ3) is 4.85. The van der Waals surface area contributed by atoms with Gasteiger partial charge in [-0.1, -0.05) is 25.4 Å². The van der Waals surface area contributed by atoms with Crippen LogP contribution in [0.15, 0.2) is 18.2 Å². The van der Waals surface area contributed by atoms with E-state index in [9.17, 15) is 4.79 Å². The summed E-state index contributed by atoms with van der Waals surface area (Å²) in [4.78, 5) is 14.5. The maximum Gasteiger partial charge on any atom is 0.257 e. The van der Waals surface area contributed by atoms with Crippen molar-refractivity contribution in [3.05, 3.63) is 28.8 Å². The Morgan fingerprint density at radius 1 is 1.39 bits per heavy atom. The van der Waals surface area contributed by atoms with Gasteiger partial charge in [0.15, 0.2) is 0 Å². The van der Waals surface area contributed by atoms with Crippen LogP contribution in [0.3, 0.4) is 0 Å². The molecule has 0 unspecified atom stereocenters. The summed E-state index contributed by atoms with van der Waals surface area (Å²) in [6.07, 6.45) is 4.67. The molecule has 128 valence electrons. The molecule has 1 saturated carbocycles. The summed E-state index contributed by atoms with van der Waals surface area (Å²) in [6, 6.07) is 5.27. The predicted molar refractivity (Wildman–Crippen MR) is 94.1 cm³/mol. The SMILES string of the molecule is CN(CC(C)(C)CN)C(=O)c1cc(Cl)ccc1OC1CCCC1. The topological polar surface area (TPSA) is 55.6 Å². The van der Waals surface area contributed by atoms with Crippen LogP contribution in [0.25, 0.3) is 0 Å². The molecule has 2 rings (SSSR count). The first-order valence-electron chi connectivity index (χ1n) is 8.24. The Kier molecular flexibility index (Phi) is 5.93. The van der Waals surface area contributed by atoms with E-state index in [0.29, 0.717) is 29.4 Å². The molecule has 0 saturated heterocycles. The highest BCUT2D eigenvalue weighted by atomic mass is 35.5. The molecular weight excluding hydrogens is 312 g/mol. The summed E-state index contributed by atoms with van der Waals surface area (Å²) in [5, 5.41) is 0.540. The Morgan fingerprint density at radius 3 is 2.65 bits per heavy atom. The molecule has 0 aromatic heterocycles. The van der Waals surface area contributed by atoms with Crippen LogP contribution in [-0.2, 0) is 0 Å². The van der Waals surface area contributed by atoms with E-state index in [-0.39, 0.29) is 17.4 Å². The molecule has 0 spiro atoms. The van der Waals surface area contributed by atoms with Crippen LogP contribution in [0.4, 0.5) is 0 Å². The molecule has 1 aliphatic rings. The number of ether oxygens (including phenoxy) is 1. The molecular formula is C18H27ClN2O2. The summed E-state index contributed by atoms with van der Waals surface area (Å²) in [5.74, 6) is 0.547. The summed E-state index contributed by atoms with van der Waals surface area (Å²) in [7, 11) is 1.79. The van der Waals surface area contributed by atoms with Crippen molar-refractivity contribution in [1.29, 1.82) is 0 Å². The van der Waals surface area contributed by atoms with Crippen molar-refractivity contribution in [2.24, 2.45) is 11.1 Å². The van der Waals surface area contributed by atoms with Gasteiger partial charge < -0.3 is 15.4 Å². The zero-order valence-corrected chi connectivity index (χ0v) is 15.0. The number of rotatable bonds is 6. The van der Waals surface area contributed by atoms with Crippen LogP contribution in [0.5, 0.6) is 5.75 Å². The van der Waals surface area contributed by atoms with Crippen molar-refractivity contribution in [3.8, 4) is 5.75 Å². The highest BCUT2D eigenvalue weighted by molar-refractivity contribution is 6.31. The fourth-order valence-electron chi connectivity index (χ4n) is 2.94. The second-order valence-electron chi connectivity index (χ2n) is 7.19. The Morgan fingerprint density at radius 2 is 2.04 bits per heavy atom. The highest BCUT2D eigenvalue weighted by Crippen LogP contribution is 2.30. The molecule has 4 nitrogen and oxygen atoms in total. The van der Waals surface area contributed by atoms with Crippen molar-refractivity contribution in [2.45, 2.75) is 45.6 Å². The molecule has 2 N–H and O–H groups in total. The van der Waals surface area contributed by atoms with Crippen LogP contribution in [0.1, 0.15) is 49.9 Å². The summed E-state index contributed by atoms with van der Waals surface area (Å²) in [5.41, 5.74) is 6.17. The smallest absolute Gasteiger partial charge is 0.257 e. The molecule has 0 radical (unpaired) electrons. The second kappa shape index (κ2) is 7.54. The van der Waals surface area contributed by atoms with E-state index in [0.717, 1.165) is 12.8 Å². The molecule has 0 heterocycles. The minimum absolute atomic E-state index is 0.0815. The average molecular weight is 339 g/mol. The lowest BCUT2D eigenvalue weighted by atomic mass is 9.93. The normalized spacial score (nSPS) is 15.7. The van der Waals surface area contributed by atoms with Gasteiger partial charge in [-0.15, -0.1) is 0 Å². The number of nitrogens with two attached hydrogens (primary N) is 1. The number of amides is 1. The lowest BCUT2D eigenvalue weighted by Gasteiger charge is -2.29. The fraction of sp³-hybridized carbons (Fsp3) is 0.611. The first-order valence-corrected chi connectivity index (χ1v) is 8.62. The maximum absolute atomic E-state index is 12.8. The van der Waals surface area contributed by atoms with E-state index in [1.807, 2.05) is 13.8 Å². The quantitative estimate of drug-likeness (QED) is 0.860. The number of carbonyl (C=O) groups excluding carboxylic acids is 1. The standard InChI is InChI=1S/C18H27ClN2O2/c1-18(2,11-20)12-21(3)17(22)15-10-13(19)8-9-16(15)23-14-6-4-5-7-14/h8-10,14H,4-7,11-12,20H2,1-3H3. The lowest BCUT2D eigenvalue weighted by Crippen LogP contribution is -2.40. The van der Waals surface area contributed by atoms with Gasteiger partial charge in [0.1, 0.15) is 5.75 Å². The molecule has 1 aromatic rings. The molecule has 23 heavy (non-hydrogen) atoms. The van der Waals surface area contributed by atoms with Crippen LogP contribution in [0, 0.1) is 5.41 Å². The maximum atomic E-state index is 12.8. The van der Waals surface area contributed by atoms with Gasteiger partial charge in [0.2, 0.25) is 0 Å². The summed E-state index contributed by atoms with van der Waals surface area (Å²) in [6.45, 7) is 5.19. The lowest BCUT2D eigenvalue weighted by molar-refractivity contribution is 0.0733. The van der Waals surface area contributed by atoms with Crippen molar-refractivity contribution in [2.75, 3.05) is 20.1 Å². The second-order valence-corrected chi connectivity index (χ2v) is 7.63. The Labute approximate surface area is 143 Å². The molecule has 0 bridgehead atoms. The largest absolute Gasteiger partial charge is 0.490 e. The number of nitrogens with zero attached hydrogens (tertiary/aromatic N) is 1. The number of benzene rings is 1. The van der Waals surface area contributed by atoms with Gasteiger partial charge >= 0.3 is 0 Å². The van der Waals surface area contributed by atoms with Crippen molar-refractivity contribution < 1.29 is 9.53 Å². The van der Waals surface area contributed by atoms with E-state index in [2.05, 4.69) is 0 Å². The van der Waals surface area contributed by atoms with Gasteiger partial charge in [0, 0.05) is 18.6 Å². The van der Waals surface area contributed by atoms with Gasteiger partial charge in [-0.25, -0.2) is 0 Å². The highest BCUT2D eigenvalue weighted by Gasteiger charge is 2.25. The summed E-state index contributed by atoms with van der Waals surface area (Å²) >= 11 is 6.10. The summed E-state index contributed by atoms with van der Waals surface area (Å²) < 4.78 is 6.06. The van der Waals surface area contributed by atoms with Gasteiger partial charge in [0.25, 0.3) is 5.91 Å². The average Bonchev–Trinajstić information content (AvgIpc) is 3.01.